The van der Waals surface area contributed by atoms with Crippen LogP contribution in [0.1, 0.15) is 51.2 Å². The van der Waals surface area contributed by atoms with E-state index < -0.39 is 0 Å². The Morgan fingerprint density at radius 1 is 1.20 bits per heavy atom. The highest BCUT2D eigenvalue weighted by atomic mass is 14.9. The summed E-state index contributed by atoms with van der Waals surface area (Å²) in [7, 11) is 2.00. The topological polar surface area (TPSA) is 12.0 Å². The van der Waals surface area contributed by atoms with Crippen molar-refractivity contribution in [2.75, 3.05) is 7.05 Å². The maximum Gasteiger partial charge on any atom is 0.0374 e. The lowest BCUT2D eigenvalue weighted by molar-refractivity contribution is 0.444. The lowest BCUT2D eigenvalue weighted by atomic mass is 9.91. The first-order valence-corrected chi connectivity index (χ1v) is 5.80. The van der Waals surface area contributed by atoms with Crippen LogP contribution in [0.25, 0.3) is 0 Å². The van der Waals surface area contributed by atoms with Gasteiger partial charge >= 0.3 is 0 Å². The van der Waals surface area contributed by atoms with Crippen LogP contribution in [0.5, 0.6) is 0 Å². The smallest absolute Gasteiger partial charge is 0.0374 e. The van der Waals surface area contributed by atoms with Crippen molar-refractivity contribution in [2.24, 2.45) is 0 Å². The first-order chi connectivity index (χ1) is 7.01. The standard InChI is InChI=1S/C14H23N/c1-6-11(2)12-7-9-13(10-8-12)14(3,4)15-5/h7-11,15H,6H2,1-5H3. The van der Waals surface area contributed by atoms with E-state index in [0.717, 1.165) is 0 Å². The fourth-order valence-corrected chi connectivity index (χ4v) is 1.61. The minimum Gasteiger partial charge on any atom is -0.311 e. The Kier molecular flexibility index (Phi) is 3.92. The summed E-state index contributed by atoms with van der Waals surface area (Å²) in [4.78, 5) is 0. The zero-order chi connectivity index (χ0) is 11.5. The van der Waals surface area contributed by atoms with E-state index in [1.54, 1.807) is 0 Å². The predicted octanol–water partition coefficient (Wildman–Crippen LogP) is 3.65. The van der Waals surface area contributed by atoms with E-state index in [1.165, 1.54) is 17.5 Å². The van der Waals surface area contributed by atoms with Gasteiger partial charge in [-0.2, -0.15) is 0 Å². The molecule has 15 heavy (non-hydrogen) atoms. The molecule has 1 heteroatoms. The molecule has 0 radical (unpaired) electrons. The predicted molar refractivity (Wildman–Crippen MR) is 67.2 cm³/mol. The summed E-state index contributed by atoms with van der Waals surface area (Å²) in [5.74, 6) is 0.664. The summed E-state index contributed by atoms with van der Waals surface area (Å²) < 4.78 is 0. The zero-order valence-corrected chi connectivity index (χ0v) is 10.6. The molecule has 0 spiro atoms. The van der Waals surface area contributed by atoms with Crippen LogP contribution in [-0.2, 0) is 5.54 Å². The van der Waals surface area contributed by atoms with Crippen LogP contribution in [-0.4, -0.2) is 7.05 Å². The van der Waals surface area contributed by atoms with E-state index >= 15 is 0 Å². The van der Waals surface area contributed by atoms with Gasteiger partial charge in [-0.05, 0) is 44.4 Å². The normalized spacial score (nSPS) is 13.9. The molecular formula is C14H23N. The molecule has 0 aliphatic heterocycles. The quantitative estimate of drug-likeness (QED) is 0.791. The second-order valence-electron chi connectivity index (χ2n) is 4.81. The van der Waals surface area contributed by atoms with Crippen LogP contribution in [0.15, 0.2) is 24.3 Å². The molecule has 1 atom stereocenters. The highest BCUT2D eigenvalue weighted by Crippen LogP contribution is 2.23. The Morgan fingerprint density at radius 2 is 1.73 bits per heavy atom. The molecule has 0 fully saturated rings. The molecule has 0 heterocycles. The maximum atomic E-state index is 3.32. The summed E-state index contributed by atoms with van der Waals surface area (Å²) in [5.41, 5.74) is 2.85. The van der Waals surface area contributed by atoms with Crippen molar-refractivity contribution in [1.82, 2.24) is 5.32 Å². The van der Waals surface area contributed by atoms with Crippen molar-refractivity contribution in [3.8, 4) is 0 Å². The average Bonchev–Trinajstić information content (AvgIpc) is 2.28. The van der Waals surface area contributed by atoms with Crippen LogP contribution in [0, 0.1) is 0 Å². The van der Waals surface area contributed by atoms with Gasteiger partial charge in [0.25, 0.3) is 0 Å². The molecule has 0 saturated carbocycles. The molecule has 0 aliphatic carbocycles. The molecule has 0 aliphatic rings. The fraction of sp³-hybridized carbons (Fsp3) is 0.571. The largest absolute Gasteiger partial charge is 0.311 e. The van der Waals surface area contributed by atoms with Crippen LogP contribution in [0.3, 0.4) is 0 Å². The van der Waals surface area contributed by atoms with Crippen LogP contribution in [0.2, 0.25) is 0 Å². The van der Waals surface area contributed by atoms with Gasteiger partial charge in [-0.3, -0.25) is 0 Å². The molecule has 1 aromatic carbocycles. The first kappa shape index (κ1) is 12.3. The Morgan fingerprint density at radius 3 is 2.13 bits per heavy atom. The van der Waals surface area contributed by atoms with Gasteiger partial charge in [-0.1, -0.05) is 38.1 Å². The summed E-state index contributed by atoms with van der Waals surface area (Å²) in [6.45, 7) is 8.91. The monoisotopic (exact) mass is 205 g/mol. The molecule has 1 rings (SSSR count). The van der Waals surface area contributed by atoms with E-state index in [4.69, 9.17) is 0 Å². The molecule has 84 valence electrons. The Bertz CT molecular complexity index is 298. The molecule has 1 N–H and O–H groups in total. The van der Waals surface area contributed by atoms with Crippen LogP contribution >= 0.6 is 0 Å². The summed E-state index contributed by atoms with van der Waals surface area (Å²) in [6, 6.07) is 8.97. The number of rotatable bonds is 4. The van der Waals surface area contributed by atoms with Gasteiger partial charge in [0.05, 0.1) is 0 Å². The van der Waals surface area contributed by atoms with E-state index in [1.807, 2.05) is 7.05 Å². The van der Waals surface area contributed by atoms with Crippen molar-refractivity contribution < 1.29 is 0 Å². The van der Waals surface area contributed by atoms with Crippen molar-refractivity contribution in [3.05, 3.63) is 35.4 Å². The van der Waals surface area contributed by atoms with Gasteiger partial charge < -0.3 is 5.32 Å². The van der Waals surface area contributed by atoms with Gasteiger partial charge in [0.2, 0.25) is 0 Å². The molecule has 0 amide bonds. The molecule has 1 aromatic rings. The summed E-state index contributed by atoms with van der Waals surface area (Å²) in [5, 5.41) is 3.32. The lowest BCUT2D eigenvalue weighted by Crippen LogP contribution is -2.32. The molecule has 0 bridgehead atoms. The van der Waals surface area contributed by atoms with Gasteiger partial charge in [-0.15, -0.1) is 0 Å². The molecule has 0 saturated heterocycles. The van der Waals surface area contributed by atoms with Gasteiger partial charge in [0.15, 0.2) is 0 Å². The SMILES string of the molecule is CCC(C)c1ccc(C(C)(C)NC)cc1. The average molecular weight is 205 g/mol. The third-order valence-corrected chi connectivity index (χ3v) is 3.44. The number of hydrogen-bond acceptors (Lipinski definition) is 1. The molecular weight excluding hydrogens is 182 g/mol. The van der Waals surface area contributed by atoms with Crippen molar-refractivity contribution in [3.63, 3.8) is 0 Å². The van der Waals surface area contributed by atoms with E-state index in [-0.39, 0.29) is 5.54 Å². The lowest BCUT2D eigenvalue weighted by Gasteiger charge is -2.25. The summed E-state index contributed by atoms with van der Waals surface area (Å²) >= 11 is 0. The van der Waals surface area contributed by atoms with Gasteiger partial charge in [0, 0.05) is 5.54 Å². The van der Waals surface area contributed by atoms with E-state index in [9.17, 15) is 0 Å². The zero-order valence-electron chi connectivity index (χ0n) is 10.6. The van der Waals surface area contributed by atoms with Gasteiger partial charge in [-0.25, -0.2) is 0 Å². The highest BCUT2D eigenvalue weighted by molar-refractivity contribution is 5.29. The second-order valence-corrected chi connectivity index (χ2v) is 4.81. The van der Waals surface area contributed by atoms with E-state index in [0.29, 0.717) is 5.92 Å². The van der Waals surface area contributed by atoms with Gasteiger partial charge in [0.1, 0.15) is 0 Å². The molecule has 1 nitrogen and oxygen atoms in total. The fourth-order valence-electron chi connectivity index (χ4n) is 1.61. The molecule has 0 aromatic heterocycles. The Hall–Kier alpha value is -0.820. The Balaban J connectivity index is 2.90. The summed E-state index contributed by atoms with van der Waals surface area (Å²) in [6.07, 6.45) is 1.20. The third-order valence-electron chi connectivity index (χ3n) is 3.44. The number of nitrogens with one attached hydrogen (secondary N) is 1. The third kappa shape index (κ3) is 2.82. The first-order valence-electron chi connectivity index (χ1n) is 5.80. The van der Waals surface area contributed by atoms with Crippen LogP contribution < -0.4 is 5.32 Å². The maximum absolute atomic E-state index is 3.32. The van der Waals surface area contributed by atoms with E-state index in [2.05, 4.69) is 57.3 Å². The van der Waals surface area contributed by atoms with Crippen LogP contribution in [0.4, 0.5) is 0 Å². The minimum atomic E-state index is 0.0635. The molecule has 1 unspecified atom stereocenters. The van der Waals surface area contributed by atoms with Crippen molar-refractivity contribution >= 4 is 0 Å². The highest BCUT2D eigenvalue weighted by Gasteiger charge is 2.17. The van der Waals surface area contributed by atoms with Crippen molar-refractivity contribution in [1.29, 1.82) is 0 Å². The number of hydrogen-bond donors (Lipinski definition) is 1. The minimum absolute atomic E-state index is 0.0635. The number of benzene rings is 1. The van der Waals surface area contributed by atoms with Crippen molar-refractivity contribution in [2.45, 2.75) is 45.6 Å². The Labute approximate surface area is 93.9 Å². The second kappa shape index (κ2) is 4.80.